The fourth-order valence-electron chi connectivity index (χ4n) is 3.29. The average molecular weight is 408 g/mol. The zero-order chi connectivity index (χ0) is 20.0. The van der Waals surface area contributed by atoms with E-state index in [9.17, 15) is 9.59 Å². The van der Waals surface area contributed by atoms with Gasteiger partial charge in [0.05, 0.1) is 21.1 Å². The van der Waals surface area contributed by atoms with Crippen LogP contribution in [0.15, 0.2) is 41.2 Å². The van der Waals surface area contributed by atoms with Gasteiger partial charge in [-0.1, -0.05) is 23.5 Å². The third kappa shape index (κ3) is 3.19. The molecule has 0 fully saturated rings. The van der Waals surface area contributed by atoms with Gasteiger partial charge in [0.25, 0.3) is 5.56 Å². The summed E-state index contributed by atoms with van der Waals surface area (Å²) in [5.41, 5.74) is 1.09. The van der Waals surface area contributed by atoms with Crippen molar-refractivity contribution in [1.29, 1.82) is 0 Å². The molecule has 8 nitrogen and oxygen atoms in total. The molecule has 0 atom stereocenters. The molecule has 0 radical (unpaired) electrons. The summed E-state index contributed by atoms with van der Waals surface area (Å²) in [7, 11) is 0. The molecule has 1 N–H and O–H groups in total. The van der Waals surface area contributed by atoms with Gasteiger partial charge in [0.2, 0.25) is 5.91 Å². The van der Waals surface area contributed by atoms with E-state index < -0.39 is 0 Å². The molecular weight excluding hydrogens is 392 g/mol. The Kier molecular flexibility index (Phi) is 4.17. The molecule has 0 bridgehead atoms. The van der Waals surface area contributed by atoms with Crippen LogP contribution in [-0.4, -0.2) is 33.7 Å². The maximum Gasteiger partial charge on any atom is 0.261 e. The fraction of sp³-hybridized carbons (Fsp3) is 0.200. The SMILES string of the molecule is Cc1nc2ccccc2c(=O)n1CC(=O)Nc1nc2cc3c(cc2s1)OCCO3. The van der Waals surface area contributed by atoms with Gasteiger partial charge < -0.3 is 14.8 Å². The molecule has 1 amide bonds. The highest BCUT2D eigenvalue weighted by molar-refractivity contribution is 7.22. The quantitative estimate of drug-likeness (QED) is 0.560. The number of carbonyl (C=O) groups excluding carboxylic acids is 1. The summed E-state index contributed by atoms with van der Waals surface area (Å²) in [5, 5.41) is 3.71. The Morgan fingerprint density at radius 3 is 2.72 bits per heavy atom. The minimum Gasteiger partial charge on any atom is -0.486 e. The van der Waals surface area contributed by atoms with Crippen molar-refractivity contribution in [3.8, 4) is 11.5 Å². The van der Waals surface area contributed by atoms with Crippen LogP contribution < -0.4 is 20.3 Å². The summed E-state index contributed by atoms with van der Waals surface area (Å²) in [6, 6.07) is 10.8. The lowest BCUT2D eigenvalue weighted by Gasteiger charge is -2.17. The van der Waals surface area contributed by atoms with Gasteiger partial charge in [-0.05, 0) is 19.1 Å². The lowest BCUT2D eigenvalue weighted by molar-refractivity contribution is -0.116. The first-order chi connectivity index (χ1) is 14.1. The highest BCUT2D eigenvalue weighted by Crippen LogP contribution is 2.37. The summed E-state index contributed by atoms with van der Waals surface area (Å²) in [6.07, 6.45) is 0. The number of benzene rings is 2. The lowest BCUT2D eigenvalue weighted by Crippen LogP contribution is -2.30. The molecule has 2 aromatic heterocycles. The average Bonchev–Trinajstić information content (AvgIpc) is 3.10. The molecule has 3 heterocycles. The van der Waals surface area contributed by atoms with Crippen LogP contribution in [0.1, 0.15) is 5.82 Å². The molecule has 1 aliphatic heterocycles. The van der Waals surface area contributed by atoms with E-state index in [0.717, 1.165) is 10.2 Å². The zero-order valence-electron chi connectivity index (χ0n) is 15.5. The second-order valence-electron chi connectivity index (χ2n) is 6.60. The van der Waals surface area contributed by atoms with Gasteiger partial charge in [0.15, 0.2) is 16.6 Å². The number of fused-ring (bicyclic) bond motifs is 3. The zero-order valence-corrected chi connectivity index (χ0v) is 16.3. The van der Waals surface area contributed by atoms with E-state index in [1.807, 2.05) is 12.1 Å². The lowest BCUT2D eigenvalue weighted by atomic mass is 10.2. The number of hydrogen-bond acceptors (Lipinski definition) is 7. The van der Waals surface area contributed by atoms with E-state index in [2.05, 4.69) is 15.3 Å². The van der Waals surface area contributed by atoms with Crippen molar-refractivity contribution < 1.29 is 14.3 Å². The van der Waals surface area contributed by atoms with Crippen LogP contribution in [0.25, 0.3) is 21.1 Å². The molecule has 29 heavy (non-hydrogen) atoms. The van der Waals surface area contributed by atoms with Crippen molar-refractivity contribution >= 4 is 43.5 Å². The Labute approximate surface area is 168 Å². The maximum atomic E-state index is 12.7. The molecule has 5 rings (SSSR count). The molecular formula is C20H16N4O4S. The smallest absolute Gasteiger partial charge is 0.261 e. The highest BCUT2D eigenvalue weighted by atomic mass is 32.1. The minimum atomic E-state index is -0.344. The second kappa shape index (κ2) is 6.85. The third-order valence-corrected chi connectivity index (χ3v) is 5.59. The van der Waals surface area contributed by atoms with Crippen LogP contribution in [-0.2, 0) is 11.3 Å². The van der Waals surface area contributed by atoms with Crippen LogP contribution in [0.5, 0.6) is 11.5 Å². The Hall–Kier alpha value is -3.46. The molecule has 146 valence electrons. The van der Waals surface area contributed by atoms with Crippen molar-refractivity contribution in [2.75, 3.05) is 18.5 Å². The van der Waals surface area contributed by atoms with Crippen molar-refractivity contribution in [1.82, 2.24) is 14.5 Å². The van der Waals surface area contributed by atoms with Gasteiger partial charge in [-0.2, -0.15) is 0 Å². The minimum absolute atomic E-state index is 0.138. The van der Waals surface area contributed by atoms with Crippen LogP contribution in [0.4, 0.5) is 5.13 Å². The first kappa shape index (κ1) is 17.6. The van der Waals surface area contributed by atoms with Gasteiger partial charge in [0, 0.05) is 12.1 Å². The van der Waals surface area contributed by atoms with Gasteiger partial charge in [0.1, 0.15) is 25.6 Å². The number of carbonyl (C=O) groups is 1. The summed E-state index contributed by atoms with van der Waals surface area (Å²) < 4.78 is 13.4. The summed E-state index contributed by atoms with van der Waals surface area (Å²) in [4.78, 5) is 34.2. The van der Waals surface area contributed by atoms with E-state index in [0.29, 0.717) is 46.6 Å². The number of nitrogens with zero attached hydrogens (tertiary/aromatic N) is 3. The number of nitrogens with one attached hydrogen (secondary N) is 1. The molecule has 9 heteroatoms. The molecule has 0 aliphatic carbocycles. The van der Waals surface area contributed by atoms with E-state index in [-0.39, 0.29) is 18.0 Å². The van der Waals surface area contributed by atoms with Gasteiger partial charge >= 0.3 is 0 Å². The molecule has 0 saturated carbocycles. The summed E-state index contributed by atoms with van der Waals surface area (Å²) in [6.45, 7) is 2.58. The summed E-state index contributed by atoms with van der Waals surface area (Å²) in [5.74, 6) is 1.46. The number of rotatable bonds is 3. The first-order valence-corrected chi connectivity index (χ1v) is 9.86. The molecule has 4 aromatic rings. The fourth-order valence-corrected chi connectivity index (χ4v) is 4.18. The maximum absolute atomic E-state index is 12.7. The number of thiazole rings is 1. The monoisotopic (exact) mass is 408 g/mol. The number of para-hydroxylation sites is 1. The van der Waals surface area contributed by atoms with Gasteiger partial charge in [-0.25, -0.2) is 9.97 Å². The Balaban J connectivity index is 1.41. The molecule has 2 aromatic carbocycles. The topological polar surface area (TPSA) is 95.3 Å². The predicted octanol–water partition coefficient (Wildman–Crippen LogP) is 2.72. The third-order valence-electron chi connectivity index (χ3n) is 4.65. The number of ether oxygens (including phenoxy) is 2. The highest BCUT2D eigenvalue weighted by Gasteiger charge is 2.17. The van der Waals surface area contributed by atoms with E-state index in [4.69, 9.17) is 9.47 Å². The number of amides is 1. The van der Waals surface area contributed by atoms with Crippen molar-refractivity contribution in [3.63, 3.8) is 0 Å². The Morgan fingerprint density at radius 2 is 1.90 bits per heavy atom. The van der Waals surface area contributed by atoms with E-state index in [1.165, 1.54) is 15.9 Å². The molecule has 0 saturated heterocycles. The van der Waals surface area contributed by atoms with Crippen LogP contribution in [0, 0.1) is 6.92 Å². The normalized spacial score (nSPS) is 13.0. The standard InChI is InChI=1S/C20H16N4O4S/c1-11-21-13-5-3-2-4-12(13)19(26)24(11)10-18(25)23-20-22-14-8-15-16(9-17(14)29-20)28-7-6-27-15/h2-5,8-9H,6-7,10H2,1H3,(H,22,23,25). The van der Waals surface area contributed by atoms with Gasteiger partial charge in [-0.15, -0.1) is 0 Å². The number of aromatic nitrogens is 3. The predicted molar refractivity (Wildman–Crippen MR) is 110 cm³/mol. The first-order valence-electron chi connectivity index (χ1n) is 9.05. The molecule has 0 unspecified atom stereocenters. The number of hydrogen-bond donors (Lipinski definition) is 1. The summed E-state index contributed by atoms with van der Waals surface area (Å²) >= 11 is 1.34. The van der Waals surface area contributed by atoms with E-state index >= 15 is 0 Å². The number of aryl methyl sites for hydroxylation is 1. The largest absolute Gasteiger partial charge is 0.486 e. The Bertz CT molecular complexity index is 1280. The van der Waals surface area contributed by atoms with Gasteiger partial charge in [-0.3, -0.25) is 14.2 Å². The van der Waals surface area contributed by atoms with Crippen molar-refractivity contribution in [2.24, 2.45) is 0 Å². The molecule has 1 aliphatic rings. The molecule has 0 spiro atoms. The van der Waals surface area contributed by atoms with Crippen LogP contribution in [0.3, 0.4) is 0 Å². The van der Waals surface area contributed by atoms with Crippen LogP contribution >= 0.6 is 11.3 Å². The number of anilines is 1. The van der Waals surface area contributed by atoms with E-state index in [1.54, 1.807) is 31.2 Å². The van der Waals surface area contributed by atoms with Crippen molar-refractivity contribution in [2.45, 2.75) is 13.5 Å². The second-order valence-corrected chi connectivity index (χ2v) is 7.63. The van der Waals surface area contributed by atoms with Crippen LogP contribution in [0.2, 0.25) is 0 Å². The Morgan fingerprint density at radius 1 is 1.14 bits per heavy atom. The van der Waals surface area contributed by atoms with Crippen molar-refractivity contribution in [3.05, 3.63) is 52.6 Å².